The van der Waals surface area contributed by atoms with Gasteiger partial charge in [-0.1, -0.05) is 24.3 Å². The van der Waals surface area contributed by atoms with E-state index >= 15 is 0 Å². The van der Waals surface area contributed by atoms with Crippen molar-refractivity contribution in [1.82, 2.24) is 0 Å². The molecule has 0 aliphatic heterocycles. The minimum absolute atomic E-state index is 0.480. The van der Waals surface area contributed by atoms with Crippen LogP contribution in [-0.2, 0) is 0 Å². The van der Waals surface area contributed by atoms with Crippen molar-refractivity contribution in [2.75, 3.05) is 6.61 Å². The molecule has 1 rings (SSSR count). The fraction of sp³-hybridized carbons (Fsp3) is 0.467. The van der Waals surface area contributed by atoms with E-state index in [1.54, 1.807) is 6.92 Å². The number of allylic oxidation sites excluding steroid dienone is 1. The van der Waals surface area contributed by atoms with E-state index in [0.717, 1.165) is 30.6 Å². The van der Waals surface area contributed by atoms with Gasteiger partial charge in [0.05, 0.1) is 12.7 Å². The van der Waals surface area contributed by atoms with Gasteiger partial charge in [0.1, 0.15) is 5.75 Å². The first-order valence-corrected chi connectivity index (χ1v) is 6.26. The monoisotopic (exact) mass is 234 g/mol. The molecule has 0 fully saturated rings. The molecule has 0 aromatic heterocycles. The second-order valence-electron chi connectivity index (χ2n) is 4.20. The molecular weight excluding hydrogens is 212 g/mol. The number of hydrogen-bond donors (Lipinski definition) is 1. The van der Waals surface area contributed by atoms with Gasteiger partial charge in [-0.05, 0) is 38.7 Å². The molecule has 0 heterocycles. The van der Waals surface area contributed by atoms with Crippen LogP contribution in [0.2, 0.25) is 0 Å². The largest absolute Gasteiger partial charge is 0.493 e. The maximum atomic E-state index is 9.59. The van der Waals surface area contributed by atoms with Crippen molar-refractivity contribution in [1.29, 1.82) is 0 Å². The summed E-state index contributed by atoms with van der Waals surface area (Å²) in [6.45, 7) is 6.16. The number of aliphatic hydroxyl groups is 1. The van der Waals surface area contributed by atoms with Gasteiger partial charge in [-0.2, -0.15) is 0 Å². The molecule has 2 heteroatoms. The summed E-state index contributed by atoms with van der Waals surface area (Å²) in [5.41, 5.74) is 0.860. The Hall–Kier alpha value is -1.28. The van der Waals surface area contributed by atoms with Gasteiger partial charge in [0, 0.05) is 5.56 Å². The van der Waals surface area contributed by atoms with E-state index in [0.29, 0.717) is 6.61 Å². The van der Waals surface area contributed by atoms with Crippen LogP contribution >= 0.6 is 0 Å². The predicted molar refractivity (Wildman–Crippen MR) is 71.2 cm³/mol. The molecule has 1 atom stereocenters. The second kappa shape index (κ2) is 7.91. The lowest BCUT2D eigenvalue weighted by molar-refractivity contribution is 0.190. The van der Waals surface area contributed by atoms with Crippen LogP contribution in [0.5, 0.6) is 5.75 Å². The van der Waals surface area contributed by atoms with Crippen molar-refractivity contribution in [3.63, 3.8) is 0 Å². The molecule has 1 aromatic carbocycles. The zero-order valence-corrected chi connectivity index (χ0v) is 10.6. The summed E-state index contributed by atoms with van der Waals surface area (Å²) in [6.07, 6.45) is 5.91. The first-order chi connectivity index (χ1) is 8.25. The maximum Gasteiger partial charge on any atom is 0.125 e. The highest BCUT2D eigenvalue weighted by atomic mass is 16.5. The van der Waals surface area contributed by atoms with Crippen LogP contribution < -0.4 is 4.74 Å². The third-order valence-electron chi connectivity index (χ3n) is 2.68. The van der Waals surface area contributed by atoms with Gasteiger partial charge in [-0.3, -0.25) is 0 Å². The summed E-state index contributed by atoms with van der Waals surface area (Å²) in [5.74, 6) is 0.797. The van der Waals surface area contributed by atoms with Crippen molar-refractivity contribution in [2.45, 2.75) is 38.7 Å². The molecule has 0 radical (unpaired) electrons. The molecule has 0 aliphatic rings. The summed E-state index contributed by atoms with van der Waals surface area (Å²) in [7, 11) is 0. The Balaban J connectivity index is 2.33. The minimum atomic E-state index is -0.480. The summed E-state index contributed by atoms with van der Waals surface area (Å²) in [6, 6.07) is 7.65. The Kier molecular flexibility index (Phi) is 6.41. The zero-order chi connectivity index (χ0) is 12.5. The average Bonchev–Trinajstić information content (AvgIpc) is 2.34. The molecule has 0 spiro atoms. The van der Waals surface area contributed by atoms with Crippen molar-refractivity contribution >= 4 is 0 Å². The van der Waals surface area contributed by atoms with Crippen LogP contribution in [0, 0.1) is 0 Å². The first-order valence-electron chi connectivity index (χ1n) is 6.26. The van der Waals surface area contributed by atoms with E-state index in [-0.39, 0.29) is 0 Å². The van der Waals surface area contributed by atoms with Gasteiger partial charge in [-0.25, -0.2) is 0 Å². The number of aliphatic hydroxyl groups excluding tert-OH is 1. The molecule has 0 amide bonds. The molecule has 0 bridgehead atoms. The molecule has 0 saturated carbocycles. The molecule has 94 valence electrons. The van der Waals surface area contributed by atoms with E-state index in [1.165, 1.54) is 6.42 Å². The summed E-state index contributed by atoms with van der Waals surface area (Å²) < 4.78 is 5.69. The lowest BCUT2D eigenvalue weighted by Crippen LogP contribution is -2.02. The second-order valence-corrected chi connectivity index (χ2v) is 4.20. The Labute approximate surface area is 104 Å². The molecule has 2 nitrogen and oxygen atoms in total. The average molecular weight is 234 g/mol. The third kappa shape index (κ3) is 5.05. The number of ether oxygens (including phenoxy) is 1. The standard InChI is InChI=1S/C15H22O2/c1-3-4-5-6-9-12-17-15-11-8-7-10-14(15)13(2)16/h3,7-8,10-11,13,16H,1,4-6,9,12H2,2H3. The van der Waals surface area contributed by atoms with Gasteiger partial charge in [0.2, 0.25) is 0 Å². The SMILES string of the molecule is C=CCCCCCOc1ccccc1C(C)O. The fourth-order valence-corrected chi connectivity index (χ4v) is 1.71. The van der Waals surface area contributed by atoms with Crippen LogP contribution in [-0.4, -0.2) is 11.7 Å². The molecule has 17 heavy (non-hydrogen) atoms. The molecule has 1 aromatic rings. The van der Waals surface area contributed by atoms with Crippen molar-refractivity contribution < 1.29 is 9.84 Å². The zero-order valence-electron chi connectivity index (χ0n) is 10.6. The predicted octanol–water partition coefficient (Wildman–Crippen LogP) is 3.87. The van der Waals surface area contributed by atoms with Gasteiger partial charge < -0.3 is 9.84 Å². The molecule has 1 N–H and O–H groups in total. The number of rotatable bonds is 8. The number of benzene rings is 1. The Morgan fingerprint density at radius 1 is 1.29 bits per heavy atom. The highest BCUT2D eigenvalue weighted by Crippen LogP contribution is 2.24. The lowest BCUT2D eigenvalue weighted by atomic mass is 10.1. The van der Waals surface area contributed by atoms with Gasteiger partial charge in [0.15, 0.2) is 0 Å². The third-order valence-corrected chi connectivity index (χ3v) is 2.68. The van der Waals surface area contributed by atoms with Gasteiger partial charge in [0.25, 0.3) is 0 Å². The lowest BCUT2D eigenvalue weighted by Gasteiger charge is -2.12. The van der Waals surface area contributed by atoms with E-state index < -0.39 is 6.10 Å². The highest BCUT2D eigenvalue weighted by Gasteiger charge is 2.07. The van der Waals surface area contributed by atoms with Crippen molar-refractivity contribution in [3.8, 4) is 5.75 Å². The van der Waals surface area contributed by atoms with Gasteiger partial charge in [-0.15, -0.1) is 6.58 Å². The van der Waals surface area contributed by atoms with E-state index in [1.807, 2.05) is 30.3 Å². The Morgan fingerprint density at radius 3 is 2.76 bits per heavy atom. The fourth-order valence-electron chi connectivity index (χ4n) is 1.71. The summed E-state index contributed by atoms with van der Waals surface area (Å²) >= 11 is 0. The molecular formula is C15H22O2. The number of hydrogen-bond acceptors (Lipinski definition) is 2. The molecule has 1 unspecified atom stereocenters. The number of unbranched alkanes of at least 4 members (excludes halogenated alkanes) is 3. The van der Waals surface area contributed by atoms with Crippen molar-refractivity contribution in [3.05, 3.63) is 42.5 Å². The topological polar surface area (TPSA) is 29.5 Å². The van der Waals surface area contributed by atoms with Crippen LogP contribution in [0.1, 0.15) is 44.3 Å². The Bertz CT molecular complexity index is 331. The summed E-state index contributed by atoms with van der Waals surface area (Å²) in [4.78, 5) is 0. The smallest absolute Gasteiger partial charge is 0.125 e. The van der Waals surface area contributed by atoms with Crippen LogP contribution in [0.3, 0.4) is 0 Å². The van der Waals surface area contributed by atoms with Crippen LogP contribution in [0.4, 0.5) is 0 Å². The van der Waals surface area contributed by atoms with E-state index in [4.69, 9.17) is 4.74 Å². The van der Waals surface area contributed by atoms with Gasteiger partial charge >= 0.3 is 0 Å². The molecule has 0 aliphatic carbocycles. The summed E-state index contributed by atoms with van der Waals surface area (Å²) in [5, 5.41) is 9.59. The number of para-hydroxylation sites is 1. The van der Waals surface area contributed by atoms with E-state index in [2.05, 4.69) is 6.58 Å². The van der Waals surface area contributed by atoms with Crippen molar-refractivity contribution in [2.24, 2.45) is 0 Å². The highest BCUT2D eigenvalue weighted by molar-refractivity contribution is 5.34. The first kappa shape index (κ1) is 13.8. The minimum Gasteiger partial charge on any atom is -0.493 e. The normalized spacial score (nSPS) is 12.1. The van der Waals surface area contributed by atoms with Crippen LogP contribution in [0.25, 0.3) is 0 Å². The Morgan fingerprint density at radius 2 is 2.06 bits per heavy atom. The molecule has 0 saturated heterocycles. The van der Waals surface area contributed by atoms with E-state index in [9.17, 15) is 5.11 Å². The maximum absolute atomic E-state index is 9.59. The van der Waals surface area contributed by atoms with Crippen LogP contribution in [0.15, 0.2) is 36.9 Å². The quantitative estimate of drug-likeness (QED) is 0.546.